The highest BCUT2D eigenvalue weighted by atomic mass is 16.4. The number of hydrogen-bond acceptors (Lipinski definition) is 5. The van der Waals surface area contributed by atoms with E-state index in [1.807, 2.05) is 0 Å². The maximum atomic E-state index is 11.2. The zero-order chi connectivity index (χ0) is 14.1. The Kier molecular flexibility index (Phi) is 7.29. The second-order valence-corrected chi connectivity index (χ2v) is 3.74. The third-order valence-corrected chi connectivity index (χ3v) is 1.98. The van der Waals surface area contributed by atoms with Crippen LogP contribution >= 0.6 is 0 Å². The third kappa shape index (κ3) is 8.22. The number of carbonyl (C=O) groups is 4. The summed E-state index contributed by atoms with van der Waals surface area (Å²) in [5.74, 6) is -2.32. The van der Waals surface area contributed by atoms with Crippen molar-refractivity contribution >= 4 is 23.6 Å². The molecule has 102 valence electrons. The van der Waals surface area contributed by atoms with Crippen molar-refractivity contribution in [1.82, 2.24) is 10.6 Å². The predicted molar refractivity (Wildman–Crippen MR) is 61.5 cm³/mol. The molecule has 8 nitrogen and oxygen atoms in total. The van der Waals surface area contributed by atoms with Crippen LogP contribution in [0.2, 0.25) is 0 Å². The fourth-order valence-electron chi connectivity index (χ4n) is 0.963. The summed E-state index contributed by atoms with van der Waals surface area (Å²) in [4.78, 5) is 43.2. The van der Waals surface area contributed by atoms with Gasteiger partial charge in [0, 0.05) is 6.42 Å². The molecule has 0 aliphatic rings. The second-order valence-electron chi connectivity index (χ2n) is 3.74. The maximum Gasteiger partial charge on any atom is 0.320 e. The summed E-state index contributed by atoms with van der Waals surface area (Å²) in [7, 11) is 0. The summed E-state index contributed by atoms with van der Waals surface area (Å²) in [6.45, 7) is 0.985. The zero-order valence-electron chi connectivity index (χ0n) is 10.1. The van der Waals surface area contributed by atoms with Crippen molar-refractivity contribution in [2.45, 2.75) is 25.8 Å². The Balaban J connectivity index is 3.73. The van der Waals surface area contributed by atoms with Crippen LogP contribution in [0.15, 0.2) is 0 Å². The van der Waals surface area contributed by atoms with Crippen LogP contribution in [0.1, 0.15) is 19.8 Å². The smallest absolute Gasteiger partial charge is 0.320 e. The van der Waals surface area contributed by atoms with Crippen molar-refractivity contribution in [3.05, 3.63) is 0 Å². The van der Waals surface area contributed by atoms with E-state index < -0.39 is 23.8 Å². The van der Waals surface area contributed by atoms with Gasteiger partial charge >= 0.3 is 5.97 Å². The van der Waals surface area contributed by atoms with Gasteiger partial charge in [-0.25, -0.2) is 0 Å². The first-order chi connectivity index (χ1) is 8.32. The quantitative estimate of drug-likeness (QED) is 0.397. The van der Waals surface area contributed by atoms with E-state index in [9.17, 15) is 19.2 Å². The number of Topliss-reactive ketones (excluding diaryl/α,β-unsaturated/α-hetero) is 1. The number of carbonyl (C=O) groups excluding carboxylic acids is 3. The third-order valence-electron chi connectivity index (χ3n) is 1.98. The Morgan fingerprint density at radius 2 is 1.67 bits per heavy atom. The van der Waals surface area contributed by atoms with E-state index in [1.54, 1.807) is 0 Å². The van der Waals surface area contributed by atoms with E-state index in [0.29, 0.717) is 0 Å². The SMILES string of the molecule is CC(=O)CNC(=O)CNC(=O)CCC(N)C(=O)O. The van der Waals surface area contributed by atoms with Crippen LogP contribution in [0.25, 0.3) is 0 Å². The first-order valence-electron chi connectivity index (χ1n) is 5.34. The molecular weight excluding hydrogens is 242 g/mol. The topological polar surface area (TPSA) is 139 Å². The molecule has 5 N–H and O–H groups in total. The molecular formula is C10H17N3O5. The minimum atomic E-state index is -1.18. The number of nitrogens with one attached hydrogen (secondary N) is 2. The van der Waals surface area contributed by atoms with E-state index in [1.165, 1.54) is 6.92 Å². The van der Waals surface area contributed by atoms with Crippen molar-refractivity contribution in [3.63, 3.8) is 0 Å². The van der Waals surface area contributed by atoms with Gasteiger partial charge in [0.1, 0.15) is 11.8 Å². The molecule has 0 saturated carbocycles. The first kappa shape index (κ1) is 16.0. The predicted octanol–water partition coefficient (Wildman–Crippen LogP) is -2.00. The lowest BCUT2D eigenvalue weighted by Crippen LogP contribution is -2.39. The highest BCUT2D eigenvalue weighted by Gasteiger charge is 2.13. The standard InChI is InChI=1S/C10H17N3O5/c1-6(14)4-12-9(16)5-13-8(15)3-2-7(11)10(17)18/h7H,2-5,11H2,1H3,(H,12,16)(H,13,15)(H,17,18). The maximum absolute atomic E-state index is 11.2. The van der Waals surface area contributed by atoms with Crippen LogP contribution in [0, 0.1) is 0 Å². The van der Waals surface area contributed by atoms with Gasteiger partial charge in [-0.1, -0.05) is 0 Å². The van der Waals surface area contributed by atoms with E-state index in [4.69, 9.17) is 10.8 Å². The average Bonchev–Trinajstić information content (AvgIpc) is 2.30. The van der Waals surface area contributed by atoms with Gasteiger partial charge in [0.2, 0.25) is 11.8 Å². The molecule has 1 atom stereocenters. The van der Waals surface area contributed by atoms with Gasteiger partial charge in [0.15, 0.2) is 0 Å². The Hall–Kier alpha value is -1.96. The summed E-state index contributed by atoms with van der Waals surface area (Å²) in [6, 6.07) is -1.10. The molecule has 0 spiro atoms. The highest BCUT2D eigenvalue weighted by Crippen LogP contribution is 1.94. The molecule has 0 bridgehead atoms. The number of ketones is 1. The lowest BCUT2D eigenvalue weighted by Gasteiger charge is -2.07. The fourth-order valence-corrected chi connectivity index (χ4v) is 0.963. The minimum absolute atomic E-state index is 0.00374. The fraction of sp³-hybridized carbons (Fsp3) is 0.600. The number of hydrogen-bond donors (Lipinski definition) is 4. The molecule has 8 heteroatoms. The highest BCUT2D eigenvalue weighted by molar-refractivity contribution is 5.88. The van der Waals surface area contributed by atoms with Gasteiger partial charge in [0.25, 0.3) is 0 Å². The largest absolute Gasteiger partial charge is 0.480 e. The number of carboxylic acid groups (broad SMARTS) is 1. The Labute approximate surface area is 104 Å². The van der Waals surface area contributed by atoms with Crippen molar-refractivity contribution < 1.29 is 24.3 Å². The summed E-state index contributed by atoms with van der Waals surface area (Å²) in [5, 5.41) is 13.1. The number of nitrogens with two attached hydrogens (primary N) is 1. The van der Waals surface area contributed by atoms with Crippen LogP contribution in [0.5, 0.6) is 0 Å². The number of rotatable bonds is 8. The van der Waals surface area contributed by atoms with Crippen LogP contribution in [-0.2, 0) is 19.2 Å². The normalized spacial score (nSPS) is 11.4. The average molecular weight is 259 g/mol. The molecule has 0 fully saturated rings. The van der Waals surface area contributed by atoms with Crippen LogP contribution in [0.3, 0.4) is 0 Å². The van der Waals surface area contributed by atoms with Crippen LogP contribution in [-0.4, -0.2) is 47.8 Å². The van der Waals surface area contributed by atoms with Gasteiger partial charge in [-0.3, -0.25) is 19.2 Å². The molecule has 0 radical (unpaired) electrons. The molecule has 0 heterocycles. The number of amides is 2. The summed E-state index contributed by atoms with van der Waals surface area (Å²) in [6.07, 6.45) is -0.0797. The van der Waals surface area contributed by atoms with E-state index in [-0.39, 0.29) is 31.7 Å². The van der Waals surface area contributed by atoms with Crippen LogP contribution < -0.4 is 16.4 Å². The molecule has 18 heavy (non-hydrogen) atoms. The molecule has 0 aromatic rings. The van der Waals surface area contributed by atoms with Gasteiger partial charge in [-0.15, -0.1) is 0 Å². The molecule has 0 aliphatic carbocycles. The van der Waals surface area contributed by atoms with Gasteiger partial charge in [0.05, 0.1) is 13.1 Å². The first-order valence-corrected chi connectivity index (χ1v) is 5.34. The molecule has 1 unspecified atom stereocenters. The molecule has 0 aliphatic heterocycles. The van der Waals surface area contributed by atoms with Crippen molar-refractivity contribution in [3.8, 4) is 0 Å². The summed E-state index contributed by atoms with van der Waals surface area (Å²) >= 11 is 0. The Morgan fingerprint density at radius 3 is 2.17 bits per heavy atom. The lowest BCUT2D eigenvalue weighted by molar-refractivity contribution is -0.138. The molecule has 0 rings (SSSR count). The molecule has 0 saturated heterocycles. The monoisotopic (exact) mass is 259 g/mol. The van der Waals surface area contributed by atoms with Gasteiger partial charge in [-0.05, 0) is 13.3 Å². The van der Waals surface area contributed by atoms with Crippen LogP contribution in [0.4, 0.5) is 0 Å². The van der Waals surface area contributed by atoms with Gasteiger partial charge in [-0.2, -0.15) is 0 Å². The Morgan fingerprint density at radius 1 is 1.11 bits per heavy atom. The number of carboxylic acids is 1. The summed E-state index contributed by atoms with van der Waals surface area (Å²) < 4.78 is 0. The van der Waals surface area contributed by atoms with Gasteiger partial charge < -0.3 is 21.5 Å². The second kappa shape index (κ2) is 8.18. The minimum Gasteiger partial charge on any atom is -0.480 e. The molecule has 0 aromatic carbocycles. The zero-order valence-corrected chi connectivity index (χ0v) is 10.1. The van der Waals surface area contributed by atoms with E-state index in [0.717, 1.165) is 0 Å². The molecule has 0 aromatic heterocycles. The lowest BCUT2D eigenvalue weighted by atomic mass is 10.1. The van der Waals surface area contributed by atoms with Crippen molar-refractivity contribution in [2.24, 2.45) is 5.73 Å². The Bertz CT molecular complexity index is 342. The summed E-state index contributed by atoms with van der Waals surface area (Å²) in [5.41, 5.74) is 5.21. The van der Waals surface area contributed by atoms with Crippen molar-refractivity contribution in [1.29, 1.82) is 0 Å². The number of aliphatic carboxylic acids is 1. The van der Waals surface area contributed by atoms with E-state index in [2.05, 4.69) is 10.6 Å². The van der Waals surface area contributed by atoms with E-state index >= 15 is 0 Å². The molecule has 2 amide bonds. The van der Waals surface area contributed by atoms with Crippen molar-refractivity contribution in [2.75, 3.05) is 13.1 Å².